The molecule has 4 nitrogen and oxygen atoms in total. The first kappa shape index (κ1) is 11.0. The highest BCUT2D eigenvalue weighted by molar-refractivity contribution is 5.75. The lowest BCUT2D eigenvalue weighted by Gasteiger charge is -2.16. The number of aliphatic carboxylic acids is 1. The first-order valence-electron chi connectivity index (χ1n) is 5.32. The molecule has 0 radical (unpaired) electrons. The Morgan fingerprint density at radius 2 is 2.38 bits per heavy atom. The Morgan fingerprint density at radius 3 is 3.06 bits per heavy atom. The Balaban J connectivity index is 2.25. The molecule has 4 heteroatoms. The highest BCUT2D eigenvalue weighted by Crippen LogP contribution is 2.29. The summed E-state index contributed by atoms with van der Waals surface area (Å²) in [6, 6.07) is 7.14. The summed E-state index contributed by atoms with van der Waals surface area (Å²) in [4.78, 5) is 11.0. The SMILES string of the molecule is COc1cccc([C@H]2CCN[C@@H]2C(=O)O)c1. The Labute approximate surface area is 94.2 Å². The minimum Gasteiger partial charge on any atom is -0.497 e. The molecular formula is C12H15NO3. The van der Waals surface area contributed by atoms with Gasteiger partial charge in [0.15, 0.2) is 0 Å². The van der Waals surface area contributed by atoms with Gasteiger partial charge >= 0.3 is 5.97 Å². The van der Waals surface area contributed by atoms with E-state index in [9.17, 15) is 4.79 Å². The van der Waals surface area contributed by atoms with E-state index in [0.29, 0.717) is 0 Å². The lowest BCUT2D eigenvalue weighted by atomic mass is 9.92. The molecule has 0 bridgehead atoms. The smallest absolute Gasteiger partial charge is 0.321 e. The lowest BCUT2D eigenvalue weighted by Crippen LogP contribution is -2.34. The maximum absolute atomic E-state index is 11.0. The van der Waals surface area contributed by atoms with Gasteiger partial charge in [0.2, 0.25) is 0 Å². The average molecular weight is 221 g/mol. The summed E-state index contributed by atoms with van der Waals surface area (Å²) in [5.74, 6) is 0.0199. The molecule has 1 aliphatic heterocycles. The topological polar surface area (TPSA) is 58.6 Å². The summed E-state index contributed by atoms with van der Waals surface area (Å²) in [7, 11) is 1.61. The van der Waals surface area contributed by atoms with Crippen molar-refractivity contribution in [3.63, 3.8) is 0 Å². The van der Waals surface area contributed by atoms with Crippen molar-refractivity contribution in [2.45, 2.75) is 18.4 Å². The van der Waals surface area contributed by atoms with Gasteiger partial charge in [0, 0.05) is 5.92 Å². The van der Waals surface area contributed by atoms with Gasteiger partial charge in [0.1, 0.15) is 11.8 Å². The Kier molecular flexibility index (Phi) is 3.10. The van der Waals surface area contributed by atoms with E-state index >= 15 is 0 Å². The van der Waals surface area contributed by atoms with Crippen molar-refractivity contribution in [2.24, 2.45) is 0 Å². The van der Waals surface area contributed by atoms with Crippen LogP contribution in [-0.2, 0) is 4.79 Å². The van der Waals surface area contributed by atoms with Gasteiger partial charge in [-0.1, -0.05) is 12.1 Å². The fourth-order valence-electron chi connectivity index (χ4n) is 2.19. The predicted molar refractivity (Wildman–Crippen MR) is 59.8 cm³/mol. The third-order valence-corrected chi connectivity index (χ3v) is 3.01. The van der Waals surface area contributed by atoms with Crippen LogP contribution in [0.25, 0.3) is 0 Å². The Hall–Kier alpha value is -1.55. The van der Waals surface area contributed by atoms with Gasteiger partial charge in [-0.3, -0.25) is 4.79 Å². The summed E-state index contributed by atoms with van der Waals surface area (Å²) in [5.41, 5.74) is 1.02. The molecule has 0 spiro atoms. The molecule has 0 aromatic heterocycles. The maximum atomic E-state index is 11.0. The molecule has 86 valence electrons. The van der Waals surface area contributed by atoms with E-state index in [1.54, 1.807) is 7.11 Å². The number of ether oxygens (including phenoxy) is 1. The number of rotatable bonds is 3. The van der Waals surface area contributed by atoms with Crippen molar-refractivity contribution < 1.29 is 14.6 Å². The Bertz CT molecular complexity index is 392. The van der Waals surface area contributed by atoms with Crippen LogP contribution in [0.1, 0.15) is 17.9 Å². The third-order valence-electron chi connectivity index (χ3n) is 3.01. The molecule has 2 rings (SSSR count). The van der Waals surface area contributed by atoms with Crippen LogP contribution in [-0.4, -0.2) is 30.8 Å². The van der Waals surface area contributed by atoms with Crippen molar-refractivity contribution in [1.82, 2.24) is 5.32 Å². The number of hydrogen-bond donors (Lipinski definition) is 2. The van der Waals surface area contributed by atoms with Crippen LogP contribution in [0.3, 0.4) is 0 Å². The summed E-state index contributed by atoms with van der Waals surface area (Å²) in [6.45, 7) is 0.749. The van der Waals surface area contributed by atoms with Crippen molar-refractivity contribution in [3.05, 3.63) is 29.8 Å². The van der Waals surface area contributed by atoms with Crippen LogP contribution < -0.4 is 10.1 Å². The van der Waals surface area contributed by atoms with Crippen molar-refractivity contribution in [3.8, 4) is 5.75 Å². The van der Waals surface area contributed by atoms with Gasteiger partial charge in [0.25, 0.3) is 0 Å². The van der Waals surface area contributed by atoms with Crippen LogP contribution in [0.5, 0.6) is 5.75 Å². The largest absolute Gasteiger partial charge is 0.497 e. The van der Waals surface area contributed by atoms with E-state index in [4.69, 9.17) is 9.84 Å². The standard InChI is InChI=1S/C12H15NO3/c1-16-9-4-2-3-8(7-9)10-5-6-13-11(10)12(14)15/h2-4,7,10-11,13H,5-6H2,1H3,(H,14,15)/t10-,11+/m1/s1. The van der Waals surface area contributed by atoms with Gasteiger partial charge < -0.3 is 15.2 Å². The fraction of sp³-hybridized carbons (Fsp3) is 0.417. The van der Waals surface area contributed by atoms with Crippen LogP contribution in [0, 0.1) is 0 Å². The summed E-state index contributed by atoms with van der Waals surface area (Å²) >= 11 is 0. The molecule has 0 aliphatic carbocycles. The van der Waals surface area contributed by atoms with E-state index in [2.05, 4.69) is 5.32 Å². The van der Waals surface area contributed by atoms with Crippen LogP contribution >= 0.6 is 0 Å². The molecule has 1 aliphatic rings. The molecule has 1 saturated heterocycles. The van der Waals surface area contributed by atoms with Gasteiger partial charge in [0.05, 0.1) is 7.11 Å². The quantitative estimate of drug-likeness (QED) is 0.806. The van der Waals surface area contributed by atoms with Crippen LogP contribution in [0.15, 0.2) is 24.3 Å². The first-order chi connectivity index (χ1) is 7.72. The van der Waals surface area contributed by atoms with Gasteiger partial charge in [-0.05, 0) is 30.7 Å². The average Bonchev–Trinajstić information content (AvgIpc) is 2.78. The fourth-order valence-corrected chi connectivity index (χ4v) is 2.19. The molecule has 1 fully saturated rings. The second-order valence-corrected chi connectivity index (χ2v) is 3.94. The zero-order chi connectivity index (χ0) is 11.5. The number of benzene rings is 1. The number of carboxylic acid groups (broad SMARTS) is 1. The lowest BCUT2D eigenvalue weighted by molar-refractivity contribution is -0.139. The molecule has 2 N–H and O–H groups in total. The second kappa shape index (κ2) is 4.53. The van der Waals surface area contributed by atoms with Crippen molar-refractivity contribution >= 4 is 5.97 Å². The second-order valence-electron chi connectivity index (χ2n) is 3.94. The van der Waals surface area contributed by atoms with Crippen molar-refractivity contribution in [1.29, 1.82) is 0 Å². The predicted octanol–water partition coefficient (Wildman–Crippen LogP) is 1.23. The summed E-state index contributed by atoms with van der Waals surface area (Å²) in [5, 5.41) is 12.1. The molecule has 2 atom stereocenters. The third kappa shape index (κ3) is 2.02. The zero-order valence-corrected chi connectivity index (χ0v) is 9.14. The molecule has 0 amide bonds. The maximum Gasteiger partial charge on any atom is 0.321 e. The van der Waals surface area contributed by atoms with E-state index in [0.717, 1.165) is 24.3 Å². The number of methoxy groups -OCH3 is 1. The minimum atomic E-state index is -0.787. The van der Waals surface area contributed by atoms with Gasteiger partial charge in [-0.15, -0.1) is 0 Å². The molecule has 0 unspecified atom stereocenters. The van der Waals surface area contributed by atoms with Gasteiger partial charge in [-0.2, -0.15) is 0 Å². The Morgan fingerprint density at radius 1 is 1.56 bits per heavy atom. The number of nitrogens with one attached hydrogen (secondary N) is 1. The van der Waals surface area contributed by atoms with Gasteiger partial charge in [-0.25, -0.2) is 0 Å². The molecule has 1 aromatic carbocycles. The molecule has 1 aromatic rings. The highest BCUT2D eigenvalue weighted by Gasteiger charge is 2.33. The molecular weight excluding hydrogens is 206 g/mol. The molecule has 16 heavy (non-hydrogen) atoms. The highest BCUT2D eigenvalue weighted by atomic mass is 16.5. The number of hydrogen-bond acceptors (Lipinski definition) is 3. The zero-order valence-electron chi connectivity index (χ0n) is 9.14. The monoisotopic (exact) mass is 221 g/mol. The van der Waals surface area contributed by atoms with Crippen LogP contribution in [0.2, 0.25) is 0 Å². The summed E-state index contributed by atoms with van der Waals surface area (Å²) in [6.07, 6.45) is 0.851. The number of carboxylic acids is 1. The van der Waals surface area contributed by atoms with E-state index in [1.807, 2.05) is 24.3 Å². The van der Waals surface area contributed by atoms with E-state index in [1.165, 1.54) is 0 Å². The molecule has 1 heterocycles. The van der Waals surface area contributed by atoms with Crippen molar-refractivity contribution in [2.75, 3.05) is 13.7 Å². The number of carbonyl (C=O) groups is 1. The first-order valence-corrected chi connectivity index (χ1v) is 5.32. The van der Waals surface area contributed by atoms with E-state index < -0.39 is 12.0 Å². The normalized spacial score (nSPS) is 24.3. The summed E-state index contributed by atoms with van der Waals surface area (Å²) < 4.78 is 5.14. The minimum absolute atomic E-state index is 0.0348. The van der Waals surface area contributed by atoms with Crippen LogP contribution in [0.4, 0.5) is 0 Å². The van der Waals surface area contributed by atoms with E-state index in [-0.39, 0.29) is 5.92 Å². The molecule has 0 saturated carbocycles.